The van der Waals surface area contributed by atoms with E-state index in [0.29, 0.717) is 37.7 Å². The first kappa shape index (κ1) is 27.3. The molecular formula is C32H39N3O4. The highest BCUT2D eigenvalue weighted by Gasteiger charge is 2.24. The van der Waals surface area contributed by atoms with Crippen LogP contribution >= 0.6 is 0 Å². The number of ether oxygens (including phenoxy) is 2. The molecule has 3 aromatic rings. The summed E-state index contributed by atoms with van der Waals surface area (Å²) >= 11 is 0. The lowest BCUT2D eigenvalue weighted by atomic mass is 9.93. The average Bonchev–Trinajstić information content (AvgIpc) is 2.96. The molecule has 0 saturated carbocycles. The molecule has 2 aromatic carbocycles. The van der Waals surface area contributed by atoms with Gasteiger partial charge in [-0.1, -0.05) is 30.3 Å². The number of hydrogen-bond acceptors (Lipinski definition) is 6. The fraction of sp³-hybridized carbons (Fsp3) is 0.438. The number of carbonyl (C=O) groups is 1. The van der Waals surface area contributed by atoms with Crippen molar-refractivity contribution in [3.05, 3.63) is 94.8 Å². The number of nitrogens with zero attached hydrogens (tertiary/aromatic N) is 3. The van der Waals surface area contributed by atoms with Crippen LogP contribution in [0, 0.1) is 5.92 Å². The van der Waals surface area contributed by atoms with Crippen LogP contribution < -0.4 is 4.74 Å². The predicted octanol–water partition coefficient (Wildman–Crippen LogP) is 4.32. The molecule has 7 nitrogen and oxygen atoms in total. The molecule has 1 aromatic heterocycles. The van der Waals surface area contributed by atoms with E-state index in [0.717, 1.165) is 69.0 Å². The number of fused-ring (bicyclic) bond motifs is 3. The number of rotatable bonds is 5. The maximum Gasteiger partial charge on any atom is 0.253 e. The minimum atomic E-state index is 0.0712. The zero-order chi connectivity index (χ0) is 26.9. The smallest absolute Gasteiger partial charge is 0.253 e. The third kappa shape index (κ3) is 7.66. The molecule has 2 aliphatic heterocycles. The van der Waals surface area contributed by atoms with Gasteiger partial charge in [0.25, 0.3) is 5.91 Å². The second-order valence-corrected chi connectivity index (χ2v) is 10.6. The van der Waals surface area contributed by atoms with Crippen molar-refractivity contribution >= 4 is 5.91 Å². The topological polar surface area (TPSA) is 75.1 Å². The van der Waals surface area contributed by atoms with Gasteiger partial charge >= 0.3 is 0 Å². The summed E-state index contributed by atoms with van der Waals surface area (Å²) in [5, 5.41) is 9.24. The Morgan fingerprint density at radius 3 is 2.64 bits per heavy atom. The number of aromatic nitrogens is 1. The summed E-state index contributed by atoms with van der Waals surface area (Å²) in [6, 6.07) is 20.5. The molecule has 39 heavy (non-hydrogen) atoms. The van der Waals surface area contributed by atoms with Crippen LogP contribution in [0.2, 0.25) is 0 Å². The quantitative estimate of drug-likeness (QED) is 0.531. The standard InChI is InChI=1S/C32H39N3O4/c36-16-11-25-9-13-35(14-10-25)32(37)28-7-8-31-29(22-28)21-26-4-3-5-27(20-26)23-34(15-17-38-18-19-39-31)24-30-6-1-2-12-33-30/h1-8,12,20,22,25,36H,9-11,13-19,21,23-24H2. The van der Waals surface area contributed by atoms with Gasteiger partial charge < -0.3 is 19.5 Å². The normalized spacial score (nSPS) is 17.6. The molecule has 7 heteroatoms. The van der Waals surface area contributed by atoms with Crippen molar-refractivity contribution < 1.29 is 19.4 Å². The number of likely N-dealkylation sites (tertiary alicyclic amines) is 1. The van der Waals surface area contributed by atoms with Crippen LogP contribution in [0.4, 0.5) is 0 Å². The Bertz CT molecular complexity index is 1210. The molecule has 1 fully saturated rings. The van der Waals surface area contributed by atoms with E-state index < -0.39 is 0 Å². The molecule has 3 heterocycles. The largest absolute Gasteiger partial charge is 0.491 e. The van der Waals surface area contributed by atoms with Gasteiger partial charge in [0.1, 0.15) is 12.4 Å². The fourth-order valence-corrected chi connectivity index (χ4v) is 5.54. The Kier molecular flexibility index (Phi) is 9.59. The molecule has 0 atom stereocenters. The molecule has 1 saturated heterocycles. The van der Waals surface area contributed by atoms with Crippen molar-refractivity contribution in [2.24, 2.45) is 5.92 Å². The summed E-state index contributed by atoms with van der Waals surface area (Å²) in [5.41, 5.74) is 5.18. The maximum atomic E-state index is 13.4. The highest BCUT2D eigenvalue weighted by Crippen LogP contribution is 2.27. The van der Waals surface area contributed by atoms with E-state index in [1.165, 1.54) is 11.1 Å². The lowest BCUT2D eigenvalue weighted by molar-refractivity contribution is 0.0677. The molecule has 0 unspecified atom stereocenters. The van der Waals surface area contributed by atoms with Gasteiger partial charge in [-0.15, -0.1) is 0 Å². The van der Waals surface area contributed by atoms with E-state index in [-0.39, 0.29) is 12.5 Å². The van der Waals surface area contributed by atoms with Gasteiger partial charge in [0, 0.05) is 57.5 Å². The first-order chi connectivity index (χ1) is 19.2. The molecule has 2 bridgehead atoms. The van der Waals surface area contributed by atoms with Crippen molar-refractivity contribution in [1.82, 2.24) is 14.8 Å². The van der Waals surface area contributed by atoms with Crippen molar-refractivity contribution in [3.8, 4) is 5.75 Å². The van der Waals surface area contributed by atoms with Crippen LogP contribution in [0.15, 0.2) is 66.9 Å². The summed E-state index contributed by atoms with van der Waals surface area (Å²) < 4.78 is 12.1. The van der Waals surface area contributed by atoms with E-state index in [2.05, 4.69) is 40.2 Å². The second-order valence-electron chi connectivity index (χ2n) is 10.6. The van der Waals surface area contributed by atoms with Crippen LogP contribution in [0.1, 0.15) is 52.0 Å². The van der Waals surface area contributed by atoms with E-state index in [9.17, 15) is 9.90 Å². The van der Waals surface area contributed by atoms with Gasteiger partial charge in [-0.25, -0.2) is 0 Å². The van der Waals surface area contributed by atoms with Crippen LogP contribution in [-0.4, -0.2) is 71.9 Å². The Morgan fingerprint density at radius 1 is 0.949 bits per heavy atom. The van der Waals surface area contributed by atoms with Gasteiger partial charge in [-0.05, 0) is 72.2 Å². The fourth-order valence-electron chi connectivity index (χ4n) is 5.54. The van der Waals surface area contributed by atoms with Crippen molar-refractivity contribution in [3.63, 3.8) is 0 Å². The van der Waals surface area contributed by atoms with E-state index >= 15 is 0 Å². The number of hydrogen-bond donors (Lipinski definition) is 1. The van der Waals surface area contributed by atoms with Crippen LogP contribution in [0.5, 0.6) is 5.75 Å². The molecule has 0 radical (unpaired) electrons. The van der Waals surface area contributed by atoms with E-state index in [1.54, 1.807) is 0 Å². The second kappa shape index (κ2) is 13.7. The van der Waals surface area contributed by atoms with Crippen molar-refractivity contribution in [1.29, 1.82) is 0 Å². The zero-order valence-corrected chi connectivity index (χ0v) is 22.6. The van der Waals surface area contributed by atoms with Gasteiger partial charge in [-0.3, -0.25) is 14.7 Å². The Morgan fingerprint density at radius 2 is 1.82 bits per heavy atom. The molecule has 2 aliphatic rings. The minimum absolute atomic E-state index is 0.0712. The van der Waals surface area contributed by atoms with Gasteiger partial charge in [0.05, 0.1) is 18.9 Å². The van der Waals surface area contributed by atoms with Gasteiger partial charge in [0.15, 0.2) is 0 Å². The Balaban J connectivity index is 1.34. The van der Waals surface area contributed by atoms with Gasteiger partial charge in [-0.2, -0.15) is 0 Å². The summed E-state index contributed by atoms with van der Waals surface area (Å²) in [4.78, 5) is 22.2. The van der Waals surface area contributed by atoms with E-state index in [4.69, 9.17) is 9.47 Å². The highest BCUT2D eigenvalue weighted by molar-refractivity contribution is 5.94. The van der Waals surface area contributed by atoms with Crippen molar-refractivity contribution in [2.45, 2.75) is 38.8 Å². The minimum Gasteiger partial charge on any atom is -0.491 e. The summed E-state index contributed by atoms with van der Waals surface area (Å²) in [6.45, 7) is 5.66. The molecular weight excluding hydrogens is 490 g/mol. The van der Waals surface area contributed by atoms with Gasteiger partial charge in [0.2, 0.25) is 0 Å². The molecule has 1 N–H and O–H groups in total. The molecule has 5 rings (SSSR count). The predicted molar refractivity (Wildman–Crippen MR) is 151 cm³/mol. The molecule has 206 valence electrons. The number of carbonyl (C=O) groups excluding carboxylic acids is 1. The maximum absolute atomic E-state index is 13.4. The lowest BCUT2D eigenvalue weighted by Gasteiger charge is -2.32. The number of benzene rings is 2. The first-order valence-electron chi connectivity index (χ1n) is 14.1. The number of aliphatic hydroxyl groups excluding tert-OH is 1. The third-order valence-electron chi connectivity index (χ3n) is 7.69. The summed E-state index contributed by atoms with van der Waals surface area (Å²) in [6.07, 6.45) is 5.24. The number of pyridine rings is 1. The monoisotopic (exact) mass is 529 g/mol. The zero-order valence-electron chi connectivity index (χ0n) is 22.6. The first-order valence-corrected chi connectivity index (χ1v) is 14.1. The molecule has 0 aliphatic carbocycles. The lowest BCUT2D eigenvalue weighted by Crippen LogP contribution is -2.38. The van der Waals surface area contributed by atoms with Crippen LogP contribution in [0.25, 0.3) is 0 Å². The number of piperidine rings is 1. The number of aliphatic hydroxyl groups is 1. The average molecular weight is 530 g/mol. The summed E-state index contributed by atoms with van der Waals surface area (Å²) in [7, 11) is 0. The molecule has 1 amide bonds. The Hall–Kier alpha value is -3.26. The van der Waals surface area contributed by atoms with E-state index in [1.807, 2.05) is 41.4 Å². The van der Waals surface area contributed by atoms with Crippen molar-refractivity contribution in [2.75, 3.05) is 46.1 Å². The third-order valence-corrected chi connectivity index (χ3v) is 7.69. The number of amides is 1. The van der Waals surface area contributed by atoms with Crippen LogP contribution in [0.3, 0.4) is 0 Å². The molecule has 0 spiro atoms. The Labute approximate surface area is 231 Å². The highest BCUT2D eigenvalue weighted by atomic mass is 16.5. The van der Waals surface area contributed by atoms with Crippen LogP contribution in [-0.2, 0) is 24.2 Å². The SMILES string of the molecule is O=C(c1ccc2c(c1)Cc1cccc(c1)CN(Cc1ccccn1)CCOCCO2)N1CCC(CCO)CC1. The summed E-state index contributed by atoms with van der Waals surface area (Å²) in [5.74, 6) is 1.38.